The first kappa shape index (κ1) is 18.8. The van der Waals surface area contributed by atoms with E-state index in [9.17, 15) is 4.79 Å². The van der Waals surface area contributed by atoms with Gasteiger partial charge in [0.05, 0.1) is 17.3 Å². The fourth-order valence-electron chi connectivity index (χ4n) is 3.23. The summed E-state index contributed by atoms with van der Waals surface area (Å²) in [6.45, 7) is 2.30. The van der Waals surface area contributed by atoms with Gasteiger partial charge in [0.25, 0.3) is 0 Å². The van der Waals surface area contributed by atoms with E-state index in [0.717, 1.165) is 49.2 Å². The van der Waals surface area contributed by atoms with Crippen LogP contribution in [0.2, 0.25) is 0 Å². The summed E-state index contributed by atoms with van der Waals surface area (Å²) >= 11 is 1.49. The van der Waals surface area contributed by atoms with Crippen LogP contribution in [0.15, 0.2) is 29.4 Å². The monoisotopic (exact) mass is 374 g/mol. The highest BCUT2D eigenvalue weighted by molar-refractivity contribution is 7.99. The molecule has 1 amide bonds. The molecule has 8 heteroatoms. The molecule has 0 bridgehead atoms. The molecule has 1 saturated heterocycles. The molecule has 0 spiro atoms. The van der Waals surface area contributed by atoms with E-state index in [1.807, 2.05) is 44.2 Å². The highest BCUT2D eigenvalue weighted by Crippen LogP contribution is 2.27. The number of aromatic nitrogens is 4. The Morgan fingerprint density at radius 2 is 2.19 bits per heavy atom. The third-order valence-corrected chi connectivity index (χ3v) is 5.51. The molecule has 0 aliphatic carbocycles. The molecule has 0 aromatic carbocycles. The first-order valence-electron chi connectivity index (χ1n) is 8.89. The molecule has 0 saturated carbocycles. The van der Waals surface area contributed by atoms with E-state index in [2.05, 4.69) is 24.6 Å². The van der Waals surface area contributed by atoms with Gasteiger partial charge in [-0.3, -0.25) is 4.79 Å². The molecule has 7 nitrogen and oxygen atoms in total. The number of carbonyl (C=O) groups is 1. The van der Waals surface area contributed by atoms with Crippen molar-refractivity contribution < 1.29 is 4.79 Å². The largest absolute Gasteiger partial charge is 0.341 e. The Morgan fingerprint density at radius 3 is 2.92 bits per heavy atom. The Balaban J connectivity index is 1.60. The number of hydrogen-bond donors (Lipinski definition) is 0. The maximum absolute atomic E-state index is 12.6. The van der Waals surface area contributed by atoms with Crippen LogP contribution in [-0.2, 0) is 18.4 Å². The minimum atomic E-state index is 0.168. The molecule has 0 N–H and O–H groups in total. The number of likely N-dealkylation sites (tertiary alicyclic amines) is 1. The van der Waals surface area contributed by atoms with Crippen molar-refractivity contribution >= 4 is 17.7 Å². The molecule has 1 fully saturated rings. The number of pyridine rings is 1. The average molecular weight is 375 g/mol. The molecule has 0 radical (unpaired) electrons. The van der Waals surface area contributed by atoms with Gasteiger partial charge in [0, 0.05) is 32.3 Å². The first-order valence-corrected chi connectivity index (χ1v) is 9.87. The number of nitrogens with zero attached hydrogens (tertiary/aromatic N) is 6. The molecule has 3 heterocycles. The lowest BCUT2D eigenvalue weighted by Gasteiger charge is -2.32. The highest BCUT2D eigenvalue weighted by atomic mass is 32.2. The Morgan fingerprint density at radius 1 is 1.35 bits per heavy atom. The van der Waals surface area contributed by atoms with Gasteiger partial charge >= 0.3 is 0 Å². The van der Waals surface area contributed by atoms with Crippen LogP contribution >= 0.6 is 11.8 Å². The lowest BCUT2D eigenvalue weighted by Crippen LogP contribution is -2.40. The molecule has 140 valence electrons. The zero-order chi connectivity index (χ0) is 18.5. The van der Waals surface area contributed by atoms with Crippen LogP contribution in [-0.4, -0.2) is 68.4 Å². The lowest BCUT2D eigenvalue weighted by atomic mass is 9.97. The van der Waals surface area contributed by atoms with E-state index < -0.39 is 0 Å². The van der Waals surface area contributed by atoms with Crippen molar-refractivity contribution in [3.63, 3.8) is 0 Å². The molecule has 1 atom stereocenters. The SMILES string of the molecule is CN(C)Cc1nnc([C@@H]2CCCN(C(=O)CSc3ccccn3)C2)n1C. The maximum atomic E-state index is 12.6. The number of rotatable bonds is 6. The van der Waals surface area contributed by atoms with Gasteiger partial charge in [0.15, 0.2) is 0 Å². The Labute approximate surface area is 158 Å². The van der Waals surface area contributed by atoms with E-state index in [4.69, 9.17) is 0 Å². The van der Waals surface area contributed by atoms with E-state index >= 15 is 0 Å². The predicted molar refractivity (Wildman–Crippen MR) is 102 cm³/mol. The second-order valence-electron chi connectivity index (χ2n) is 6.91. The van der Waals surface area contributed by atoms with Crippen LogP contribution in [0.1, 0.15) is 30.4 Å². The van der Waals surface area contributed by atoms with E-state index in [1.54, 1.807) is 6.20 Å². The van der Waals surface area contributed by atoms with Crippen molar-refractivity contribution in [2.75, 3.05) is 32.9 Å². The third-order valence-electron chi connectivity index (χ3n) is 4.58. The number of thioether (sulfide) groups is 1. The number of hydrogen-bond acceptors (Lipinski definition) is 6. The molecule has 1 aliphatic rings. The highest BCUT2D eigenvalue weighted by Gasteiger charge is 2.28. The zero-order valence-electron chi connectivity index (χ0n) is 15.6. The van der Waals surface area contributed by atoms with Crippen molar-refractivity contribution in [3.05, 3.63) is 36.0 Å². The predicted octanol–water partition coefficient (Wildman–Crippen LogP) is 1.77. The second-order valence-corrected chi connectivity index (χ2v) is 7.90. The average Bonchev–Trinajstić information content (AvgIpc) is 3.00. The molecule has 1 aliphatic heterocycles. The van der Waals surface area contributed by atoms with Crippen molar-refractivity contribution in [1.29, 1.82) is 0 Å². The van der Waals surface area contributed by atoms with Crippen LogP contribution in [0.3, 0.4) is 0 Å². The van der Waals surface area contributed by atoms with Gasteiger partial charge in [-0.2, -0.15) is 0 Å². The van der Waals surface area contributed by atoms with Gasteiger partial charge in [0.2, 0.25) is 5.91 Å². The van der Waals surface area contributed by atoms with Crippen LogP contribution in [0.25, 0.3) is 0 Å². The quantitative estimate of drug-likeness (QED) is 0.718. The number of piperidine rings is 1. The van der Waals surface area contributed by atoms with Gasteiger partial charge in [-0.25, -0.2) is 4.98 Å². The maximum Gasteiger partial charge on any atom is 0.233 e. The minimum absolute atomic E-state index is 0.168. The van der Waals surface area contributed by atoms with Crippen molar-refractivity contribution in [2.24, 2.45) is 7.05 Å². The van der Waals surface area contributed by atoms with Crippen molar-refractivity contribution in [3.8, 4) is 0 Å². The molecule has 2 aromatic heterocycles. The minimum Gasteiger partial charge on any atom is -0.341 e. The summed E-state index contributed by atoms with van der Waals surface area (Å²) in [5.41, 5.74) is 0. The number of amides is 1. The topological polar surface area (TPSA) is 67.2 Å². The first-order chi connectivity index (χ1) is 12.5. The van der Waals surface area contributed by atoms with Gasteiger partial charge in [0.1, 0.15) is 11.6 Å². The Bertz CT molecular complexity index is 733. The van der Waals surface area contributed by atoms with Crippen molar-refractivity contribution in [1.82, 2.24) is 29.5 Å². The summed E-state index contributed by atoms with van der Waals surface area (Å²) in [5.74, 6) is 2.78. The normalized spacial score (nSPS) is 17.7. The molecule has 26 heavy (non-hydrogen) atoms. The summed E-state index contributed by atoms with van der Waals surface area (Å²) in [6.07, 6.45) is 3.80. The summed E-state index contributed by atoms with van der Waals surface area (Å²) in [4.78, 5) is 20.9. The van der Waals surface area contributed by atoms with Gasteiger partial charge in [-0.15, -0.1) is 10.2 Å². The summed E-state index contributed by atoms with van der Waals surface area (Å²) in [7, 11) is 6.06. The smallest absolute Gasteiger partial charge is 0.233 e. The molecule has 2 aromatic rings. The van der Waals surface area contributed by atoms with Gasteiger partial charge in [-0.1, -0.05) is 17.8 Å². The lowest BCUT2D eigenvalue weighted by molar-refractivity contribution is -0.129. The summed E-state index contributed by atoms with van der Waals surface area (Å²) in [5, 5.41) is 9.63. The van der Waals surface area contributed by atoms with E-state index in [-0.39, 0.29) is 11.8 Å². The molecular formula is C18H26N6OS. The van der Waals surface area contributed by atoms with Crippen LogP contribution in [0, 0.1) is 0 Å². The molecule has 0 unspecified atom stereocenters. The summed E-state index contributed by atoms with van der Waals surface area (Å²) < 4.78 is 2.08. The Hall–Kier alpha value is -1.93. The Kier molecular flexibility index (Phi) is 6.26. The second kappa shape index (κ2) is 8.64. The third kappa shape index (κ3) is 4.62. The standard InChI is InChI=1S/C18H26N6OS/c1-22(2)12-15-20-21-18(23(15)3)14-7-6-10-24(11-14)17(25)13-26-16-8-4-5-9-19-16/h4-5,8-9,14H,6-7,10-13H2,1-3H3/t14-/m1/s1. The van der Waals surface area contributed by atoms with Crippen LogP contribution in [0.5, 0.6) is 0 Å². The summed E-state index contributed by atoms with van der Waals surface area (Å²) in [6, 6.07) is 5.76. The number of carbonyl (C=O) groups excluding carboxylic acids is 1. The van der Waals surface area contributed by atoms with E-state index in [0.29, 0.717) is 5.75 Å². The van der Waals surface area contributed by atoms with Crippen molar-refractivity contribution in [2.45, 2.75) is 30.3 Å². The molecule has 3 rings (SSSR count). The fourth-order valence-corrected chi connectivity index (χ4v) is 3.99. The van der Waals surface area contributed by atoms with E-state index in [1.165, 1.54) is 11.8 Å². The van der Waals surface area contributed by atoms with Crippen LogP contribution < -0.4 is 0 Å². The fraction of sp³-hybridized carbons (Fsp3) is 0.556. The van der Waals surface area contributed by atoms with Gasteiger partial charge < -0.3 is 14.4 Å². The van der Waals surface area contributed by atoms with Crippen LogP contribution in [0.4, 0.5) is 0 Å². The molecular weight excluding hydrogens is 348 g/mol. The zero-order valence-corrected chi connectivity index (χ0v) is 16.4. The van der Waals surface area contributed by atoms with Gasteiger partial charge in [-0.05, 0) is 39.1 Å².